The highest BCUT2D eigenvalue weighted by Crippen LogP contribution is 2.35. The highest BCUT2D eigenvalue weighted by molar-refractivity contribution is 7.20. The lowest BCUT2D eigenvalue weighted by Gasteiger charge is -2.06. The van der Waals surface area contributed by atoms with Gasteiger partial charge in [-0.1, -0.05) is 11.6 Å². The van der Waals surface area contributed by atoms with E-state index in [0.717, 1.165) is 4.70 Å². The van der Waals surface area contributed by atoms with Gasteiger partial charge in [-0.05, 0) is 18.2 Å². The van der Waals surface area contributed by atoms with Gasteiger partial charge in [-0.3, -0.25) is 4.98 Å². The van der Waals surface area contributed by atoms with E-state index in [1.807, 2.05) is 0 Å². The van der Waals surface area contributed by atoms with Crippen molar-refractivity contribution in [1.82, 2.24) is 4.98 Å². The third-order valence-corrected chi connectivity index (χ3v) is 4.27. The molecule has 0 saturated heterocycles. The Kier molecular flexibility index (Phi) is 3.96. The van der Waals surface area contributed by atoms with E-state index in [1.54, 1.807) is 18.3 Å². The number of benzene rings is 1. The Morgan fingerprint density at radius 1 is 1.32 bits per heavy atom. The van der Waals surface area contributed by atoms with Crippen LogP contribution in [0.2, 0.25) is 5.02 Å². The number of esters is 1. The minimum absolute atomic E-state index is 0.0206. The average Bonchev–Trinajstić information content (AvgIpc) is 2.95. The highest BCUT2D eigenvalue weighted by Gasteiger charge is 2.14. The molecule has 112 valence electrons. The second-order valence-electron chi connectivity index (χ2n) is 4.33. The molecule has 3 rings (SSSR count). The third-order valence-electron chi connectivity index (χ3n) is 2.92. The Balaban J connectivity index is 2.01. The number of pyridine rings is 1. The van der Waals surface area contributed by atoms with E-state index in [0.29, 0.717) is 21.8 Å². The molecule has 0 bridgehead atoms. The maximum Gasteiger partial charge on any atom is 0.348 e. The van der Waals surface area contributed by atoms with E-state index >= 15 is 0 Å². The molecule has 0 amide bonds. The summed E-state index contributed by atoms with van der Waals surface area (Å²) in [5.74, 6) is -0.280. The molecular formula is C15H9ClFNO3S. The number of fused-ring (bicyclic) bond motifs is 1. The van der Waals surface area contributed by atoms with Crippen LogP contribution in [0.25, 0.3) is 10.1 Å². The number of ether oxygens (including phenoxy) is 2. The van der Waals surface area contributed by atoms with Crippen LogP contribution in [0, 0.1) is 5.82 Å². The topological polar surface area (TPSA) is 48.4 Å². The van der Waals surface area contributed by atoms with E-state index in [1.165, 1.54) is 36.8 Å². The molecule has 2 heterocycles. The molecule has 1 aromatic carbocycles. The largest absolute Gasteiger partial charge is 0.465 e. The van der Waals surface area contributed by atoms with Crippen LogP contribution >= 0.6 is 22.9 Å². The highest BCUT2D eigenvalue weighted by atomic mass is 35.5. The van der Waals surface area contributed by atoms with Crippen molar-refractivity contribution in [3.8, 4) is 11.5 Å². The van der Waals surface area contributed by atoms with Gasteiger partial charge in [0.2, 0.25) is 0 Å². The van der Waals surface area contributed by atoms with Crippen LogP contribution in [0.4, 0.5) is 4.39 Å². The second kappa shape index (κ2) is 5.90. The van der Waals surface area contributed by atoms with Crippen molar-refractivity contribution in [2.24, 2.45) is 0 Å². The fraction of sp³-hybridized carbons (Fsp3) is 0.0667. The van der Waals surface area contributed by atoms with Crippen molar-refractivity contribution in [2.45, 2.75) is 0 Å². The lowest BCUT2D eigenvalue weighted by atomic mass is 10.3. The first-order chi connectivity index (χ1) is 10.6. The SMILES string of the molecule is COC(=O)c1cc2c(Oc3ccc(Cl)c(F)c3)cncc2s1. The standard InChI is InChI=1S/C15H9ClFNO3S/c1-20-15(19)13-5-9-12(6-18-7-14(9)22-13)21-8-2-3-10(16)11(17)4-8/h2-7H,1H3. The first-order valence-corrected chi connectivity index (χ1v) is 7.36. The first-order valence-electron chi connectivity index (χ1n) is 6.17. The van der Waals surface area contributed by atoms with Gasteiger partial charge in [0, 0.05) is 17.6 Å². The van der Waals surface area contributed by atoms with Crippen LogP contribution in [0.1, 0.15) is 9.67 Å². The summed E-state index contributed by atoms with van der Waals surface area (Å²) in [6.07, 6.45) is 3.13. The molecule has 3 aromatic rings. The smallest absolute Gasteiger partial charge is 0.348 e. The maximum absolute atomic E-state index is 13.5. The van der Waals surface area contributed by atoms with E-state index in [9.17, 15) is 9.18 Å². The van der Waals surface area contributed by atoms with Crippen molar-refractivity contribution >= 4 is 39.0 Å². The van der Waals surface area contributed by atoms with Gasteiger partial charge in [-0.25, -0.2) is 9.18 Å². The van der Waals surface area contributed by atoms with Crippen LogP contribution in [0.5, 0.6) is 11.5 Å². The molecule has 0 aliphatic rings. The first kappa shape index (κ1) is 14.7. The van der Waals surface area contributed by atoms with Crippen molar-refractivity contribution in [1.29, 1.82) is 0 Å². The summed E-state index contributed by atoms with van der Waals surface area (Å²) in [5.41, 5.74) is 0. The third kappa shape index (κ3) is 2.75. The minimum Gasteiger partial charge on any atom is -0.465 e. The molecule has 0 atom stereocenters. The van der Waals surface area contributed by atoms with Gasteiger partial charge in [-0.2, -0.15) is 0 Å². The van der Waals surface area contributed by atoms with Crippen LogP contribution in [-0.2, 0) is 4.74 Å². The predicted molar refractivity (Wildman–Crippen MR) is 82.4 cm³/mol. The summed E-state index contributed by atoms with van der Waals surface area (Å²) in [7, 11) is 1.32. The zero-order chi connectivity index (χ0) is 15.7. The molecule has 0 spiro atoms. The normalized spacial score (nSPS) is 10.7. The summed E-state index contributed by atoms with van der Waals surface area (Å²) in [6, 6.07) is 5.81. The Labute approximate surface area is 134 Å². The van der Waals surface area contributed by atoms with Gasteiger partial charge in [0.1, 0.15) is 16.4 Å². The second-order valence-corrected chi connectivity index (χ2v) is 5.82. The number of methoxy groups -OCH3 is 1. The Bertz CT molecular complexity index is 865. The lowest BCUT2D eigenvalue weighted by Crippen LogP contribution is -1.96. The summed E-state index contributed by atoms with van der Waals surface area (Å²) in [5, 5.41) is 0.725. The molecule has 7 heteroatoms. The van der Waals surface area contributed by atoms with Crippen LogP contribution in [0.15, 0.2) is 36.7 Å². The molecule has 22 heavy (non-hydrogen) atoms. The molecule has 0 aliphatic heterocycles. The minimum atomic E-state index is -0.570. The van der Waals surface area contributed by atoms with Gasteiger partial charge >= 0.3 is 5.97 Å². The fourth-order valence-corrected chi connectivity index (χ4v) is 2.97. The molecule has 4 nitrogen and oxygen atoms in total. The average molecular weight is 338 g/mol. The number of aromatic nitrogens is 1. The Morgan fingerprint density at radius 2 is 2.14 bits per heavy atom. The van der Waals surface area contributed by atoms with E-state index in [-0.39, 0.29) is 5.02 Å². The molecule has 2 aromatic heterocycles. The monoisotopic (exact) mass is 337 g/mol. The fourth-order valence-electron chi connectivity index (χ4n) is 1.89. The van der Waals surface area contributed by atoms with E-state index in [2.05, 4.69) is 4.98 Å². The molecule has 0 aliphatic carbocycles. The van der Waals surface area contributed by atoms with Crippen LogP contribution < -0.4 is 4.74 Å². The number of rotatable bonds is 3. The molecule has 0 saturated carbocycles. The van der Waals surface area contributed by atoms with Gasteiger partial charge < -0.3 is 9.47 Å². The predicted octanol–water partition coefficient (Wildman–Crippen LogP) is 4.67. The van der Waals surface area contributed by atoms with Crippen LogP contribution in [0.3, 0.4) is 0 Å². The number of carbonyl (C=O) groups is 1. The number of nitrogens with zero attached hydrogens (tertiary/aromatic N) is 1. The number of thiophene rings is 1. The molecule has 0 unspecified atom stereocenters. The zero-order valence-corrected chi connectivity index (χ0v) is 12.9. The molecule has 0 fully saturated rings. The maximum atomic E-state index is 13.5. The summed E-state index contributed by atoms with van der Waals surface area (Å²) < 4.78 is 24.6. The molecule has 0 radical (unpaired) electrons. The summed E-state index contributed by atoms with van der Waals surface area (Å²) >= 11 is 6.89. The van der Waals surface area contributed by atoms with Gasteiger partial charge in [0.15, 0.2) is 5.75 Å². The molecular weight excluding hydrogens is 329 g/mol. The lowest BCUT2D eigenvalue weighted by molar-refractivity contribution is 0.0606. The Morgan fingerprint density at radius 3 is 2.86 bits per heavy atom. The Hall–Kier alpha value is -2.18. The number of hydrogen-bond donors (Lipinski definition) is 0. The van der Waals surface area contributed by atoms with Gasteiger partial charge in [0.25, 0.3) is 0 Å². The van der Waals surface area contributed by atoms with E-state index < -0.39 is 11.8 Å². The quantitative estimate of drug-likeness (QED) is 0.652. The summed E-state index contributed by atoms with van der Waals surface area (Å²) in [4.78, 5) is 16.1. The van der Waals surface area contributed by atoms with Crippen molar-refractivity contribution < 1.29 is 18.7 Å². The zero-order valence-electron chi connectivity index (χ0n) is 11.3. The van der Waals surface area contributed by atoms with Gasteiger partial charge in [0.05, 0.1) is 23.0 Å². The molecule has 0 N–H and O–H groups in total. The number of halogens is 2. The van der Waals surface area contributed by atoms with Crippen molar-refractivity contribution in [2.75, 3.05) is 7.11 Å². The summed E-state index contributed by atoms with van der Waals surface area (Å²) in [6.45, 7) is 0. The van der Waals surface area contributed by atoms with E-state index in [4.69, 9.17) is 21.1 Å². The van der Waals surface area contributed by atoms with Crippen molar-refractivity contribution in [3.63, 3.8) is 0 Å². The van der Waals surface area contributed by atoms with Crippen LogP contribution in [-0.4, -0.2) is 18.1 Å². The van der Waals surface area contributed by atoms with Crippen molar-refractivity contribution in [3.05, 3.63) is 52.4 Å². The number of carbonyl (C=O) groups excluding carboxylic acids is 1. The number of hydrogen-bond acceptors (Lipinski definition) is 5. The van der Waals surface area contributed by atoms with Gasteiger partial charge in [-0.15, -0.1) is 11.3 Å².